The Labute approximate surface area is 123 Å². The maximum atomic E-state index is 12.1. The Morgan fingerprint density at radius 1 is 1.57 bits per heavy atom. The fourth-order valence-electron chi connectivity index (χ4n) is 2.86. The summed E-state index contributed by atoms with van der Waals surface area (Å²) < 4.78 is 0. The maximum absolute atomic E-state index is 12.1. The summed E-state index contributed by atoms with van der Waals surface area (Å²) in [6.45, 7) is 3.11. The molecule has 1 aromatic heterocycles. The van der Waals surface area contributed by atoms with E-state index in [-0.39, 0.29) is 18.7 Å². The molecule has 1 aliphatic heterocycles. The van der Waals surface area contributed by atoms with E-state index < -0.39 is 0 Å². The molecule has 0 aliphatic carbocycles. The predicted octanol–water partition coefficient (Wildman–Crippen LogP) is 1.54. The van der Waals surface area contributed by atoms with Gasteiger partial charge in [0.1, 0.15) is 5.82 Å². The van der Waals surface area contributed by atoms with Crippen LogP contribution in [0.25, 0.3) is 11.0 Å². The summed E-state index contributed by atoms with van der Waals surface area (Å²) in [6.07, 6.45) is 1.82. The Morgan fingerprint density at radius 3 is 3.19 bits per heavy atom. The molecule has 1 aromatic carbocycles. The Balaban J connectivity index is 1.66. The van der Waals surface area contributed by atoms with E-state index in [4.69, 9.17) is 0 Å². The number of nitrogens with zero attached hydrogens (tertiary/aromatic N) is 2. The van der Waals surface area contributed by atoms with Gasteiger partial charge in [0.05, 0.1) is 30.2 Å². The molecular formula is C15H20N4O2. The van der Waals surface area contributed by atoms with Gasteiger partial charge in [-0.15, -0.1) is 0 Å². The number of imidazole rings is 1. The number of H-pyrrole nitrogens is 1. The van der Waals surface area contributed by atoms with Gasteiger partial charge < -0.3 is 20.3 Å². The molecule has 0 bridgehead atoms. The third-order valence-electron chi connectivity index (χ3n) is 4.02. The first kappa shape index (κ1) is 13.9. The van der Waals surface area contributed by atoms with Gasteiger partial charge >= 0.3 is 6.03 Å². The molecule has 1 unspecified atom stereocenters. The third-order valence-corrected chi connectivity index (χ3v) is 4.02. The fourth-order valence-corrected chi connectivity index (χ4v) is 2.86. The number of carbonyl (C=O) groups is 1. The van der Waals surface area contributed by atoms with Gasteiger partial charge in [-0.25, -0.2) is 9.78 Å². The van der Waals surface area contributed by atoms with Crippen LogP contribution in [-0.2, 0) is 6.54 Å². The zero-order valence-corrected chi connectivity index (χ0v) is 12.1. The number of fused-ring (bicyclic) bond motifs is 1. The van der Waals surface area contributed by atoms with E-state index in [2.05, 4.69) is 15.3 Å². The summed E-state index contributed by atoms with van der Waals surface area (Å²) in [5.74, 6) is 0.743. The highest BCUT2D eigenvalue weighted by molar-refractivity contribution is 5.79. The van der Waals surface area contributed by atoms with Crippen molar-refractivity contribution in [1.82, 2.24) is 20.2 Å². The van der Waals surface area contributed by atoms with Crippen molar-refractivity contribution in [2.24, 2.45) is 0 Å². The Kier molecular flexibility index (Phi) is 3.79. The molecule has 1 aliphatic rings. The number of aliphatic hydroxyl groups excluding tert-OH is 1. The average Bonchev–Trinajstić information content (AvgIpc) is 3.11. The smallest absolute Gasteiger partial charge is 0.318 e. The number of aromatic amines is 1. The highest BCUT2D eigenvalue weighted by Gasteiger charge is 2.27. The van der Waals surface area contributed by atoms with Gasteiger partial charge in [0, 0.05) is 6.54 Å². The molecule has 0 saturated carbocycles. The zero-order valence-electron chi connectivity index (χ0n) is 12.1. The number of nitrogens with one attached hydrogen (secondary N) is 2. The Bertz CT molecular complexity index is 652. The summed E-state index contributed by atoms with van der Waals surface area (Å²) >= 11 is 0. The zero-order chi connectivity index (χ0) is 14.8. The van der Waals surface area contributed by atoms with Crippen molar-refractivity contribution in [3.63, 3.8) is 0 Å². The van der Waals surface area contributed by atoms with E-state index in [0.717, 1.165) is 35.3 Å². The molecule has 6 nitrogen and oxygen atoms in total. The van der Waals surface area contributed by atoms with E-state index in [0.29, 0.717) is 13.1 Å². The summed E-state index contributed by atoms with van der Waals surface area (Å²) in [5, 5.41) is 12.1. The number of hydrogen-bond donors (Lipinski definition) is 3. The molecule has 2 amide bonds. The molecule has 112 valence electrons. The highest BCUT2D eigenvalue weighted by atomic mass is 16.3. The quantitative estimate of drug-likeness (QED) is 0.801. The van der Waals surface area contributed by atoms with Gasteiger partial charge in [0.25, 0.3) is 0 Å². The van der Waals surface area contributed by atoms with Crippen molar-refractivity contribution in [3.05, 3.63) is 29.6 Å². The van der Waals surface area contributed by atoms with Crippen LogP contribution in [0.4, 0.5) is 4.79 Å². The minimum Gasteiger partial charge on any atom is -0.394 e. The molecule has 1 fully saturated rings. The SMILES string of the molecule is Cc1cccc2[nH]c(CNC(=O)N3CCCC3CO)nc12. The van der Waals surface area contributed by atoms with Crippen LogP contribution < -0.4 is 5.32 Å². The number of para-hydroxylation sites is 1. The molecule has 1 saturated heterocycles. The van der Waals surface area contributed by atoms with Crippen LogP contribution in [0.3, 0.4) is 0 Å². The van der Waals surface area contributed by atoms with Gasteiger partial charge in [0.2, 0.25) is 0 Å². The molecular weight excluding hydrogens is 268 g/mol. The standard InChI is InChI=1S/C15H20N4O2/c1-10-4-2-6-12-14(10)18-13(17-12)8-16-15(21)19-7-3-5-11(19)9-20/h2,4,6,11,20H,3,5,7-9H2,1H3,(H,16,21)(H,17,18). The first-order valence-corrected chi connectivity index (χ1v) is 7.28. The molecule has 1 atom stereocenters. The summed E-state index contributed by atoms with van der Waals surface area (Å²) in [5.41, 5.74) is 3.03. The number of urea groups is 1. The van der Waals surface area contributed by atoms with E-state index in [1.54, 1.807) is 4.90 Å². The lowest BCUT2D eigenvalue weighted by atomic mass is 10.2. The number of aromatic nitrogens is 2. The van der Waals surface area contributed by atoms with Gasteiger partial charge in [-0.2, -0.15) is 0 Å². The number of aryl methyl sites for hydroxylation is 1. The van der Waals surface area contributed by atoms with Crippen molar-refractivity contribution in [2.75, 3.05) is 13.2 Å². The van der Waals surface area contributed by atoms with Gasteiger partial charge in [-0.05, 0) is 31.4 Å². The first-order valence-electron chi connectivity index (χ1n) is 7.28. The van der Waals surface area contributed by atoms with Gasteiger partial charge in [0.15, 0.2) is 0 Å². The van der Waals surface area contributed by atoms with Gasteiger partial charge in [-0.3, -0.25) is 0 Å². The topological polar surface area (TPSA) is 81.2 Å². The maximum Gasteiger partial charge on any atom is 0.318 e. The lowest BCUT2D eigenvalue weighted by Crippen LogP contribution is -2.44. The van der Waals surface area contributed by atoms with Crippen molar-refractivity contribution in [1.29, 1.82) is 0 Å². The van der Waals surface area contributed by atoms with Crippen LogP contribution in [-0.4, -0.2) is 45.2 Å². The van der Waals surface area contributed by atoms with Crippen molar-refractivity contribution < 1.29 is 9.90 Å². The van der Waals surface area contributed by atoms with Crippen LogP contribution in [0.15, 0.2) is 18.2 Å². The molecule has 3 rings (SSSR count). The lowest BCUT2D eigenvalue weighted by Gasteiger charge is -2.22. The van der Waals surface area contributed by atoms with Crippen molar-refractivity contribution in [3.8, 4) is 0 Å². The second-order valence-corrected chi connectivity index (χ2v) is 5.49. The molecule has 2 aromatic rings. The van der Waals surface area contributed by atoms with E-state index >= 15 is 0 Å². The van der Waals surface area contributed by atoms with Crippen LogP contribution in [0, 0.1) is 6.92 Å². The van der Waals surface area contributed by atoms with E-state index in [1.165, 1.54) is 0 Å². The number of rotatable bonds is 3. The fraction of sp³-hybridized carbons (Fsp3) is 0.467. The number of amides is 2. The molecule has 0 radical (unpaired) electrons. The van der Waals surface area contributed by atoms with Crippen molar-refractivity contribution in [2.45, 2.75) is 32.4 Å². The number of aliphatic hydroxyl groups is 1. The second-order valence-electron chi connectivity index (χ2n) is 5.49. The van der Waals surface area contributed by atoms with Crippen LogP contribution in [0.5, 0.6) is 0 Å². The Hall–Kier alpha value is -2.08. The predicted molar refractivity (Wildman–Crippen MR) is 79.9 cm³/mol. The normalized spacial score (nSPS) is 18.4. The van der Waals surface area contributed by atoms with E-state index in [1.807, 2.05) is 25.1 Å². The largest absolute Gasteiger partial charge is 0.394 e. The summed E-state index contributed by atoms with van der Waals surface area (Å²) in [6, 6.07) is 5.78. The van der Waals surface area contributed by atoms with Crippen molar-refractivity contribution >= 4 is 17.1 Å². The number of carbonyl (C=O) groups excluding carboxylic acids is 1. The monoisotopic (exact) mass is 288 g/mol. The number of likely N-dealkylation sites (tertiary alicyclic amines) is 1. The molecule has 2 heterocycles. The van der Waals surface area contributed by atoms with E-state index in [9.17, 15) is 9.90 Å². The number of benzene rings is 1. The lowest BCUT2D eigenvalue weighted by molar-refractivity contribution is 0.157. The van der Waals surface area contributed by atoms with Gasteiger partial charge in [-0.1, -0.05) is 12.1 Å². The second kappa shape index (κ2) is 5.73. The third kappa shape index (κ3) is 2.71. The minimum atomic E-state index is -0.135. The molecule has 21 heavy (non-hydrogen) atoms. The van der Waals surface area contributed by atoms with Crippen LogP contribution in [0.1, 0.15) is 24.2 Å². The van der Waals surface area contributed by atoms with Crippen LogP contribution >= 0.6 is 0 Å². The first-order chi connectivity index (χ1) is 10.2. The Morgan fingerprint density at radius 2 is 2.43 bits per heavy atom. The molecule has 0 spiro atoms. The highest BCUT2D eigenvalue weighted by Crippen LogP contribution is 2.17. The summed E-state index contributed by atoms with van der Waals surface area (Å²) in [4.78, 5) is 21.6. The summed E-state index contributed by atoms with van der Waals surface area (Å²) in [7, 11) is 0. The molecule has 3 N–H and O–H groups in total. The average molecular weight is 288 g/mol. The molecule has 6 heteroatoms. The minimum absolute atomic E-state index is 0.0251. The van der Waals surface area contributed by atoms with Crippen LogP contribution in [0.2, 0.25) is 0 Å². The number of hydrogen-bond acceptors (Lipinski definition) is 3.